The van der Waals surface area contributed by atoms with E-state index in [0.29, 0.717) is 16.3 Å². The van der Waals surface area contributed by atoms with E-state index in [1.54, 1.807) is 0 Å². The van der Waals surface area contributed by atoms with Crippen molar-refractivity contribution in [1.29, 1.82) is 0 Å². The van der Waals surface area contributed by atoms with E-state index in [1.807, 2.05) is 48.5 Å². The smallest absolute Gasteiger partial charge is 0.261 e. The van der Waals surface area contributed by atoms with E-state index in [1.165, 1.54) is 0 Å². The lowest BCUT2D eigenvalue weighted by Gasteiger charge is -1.97. The van der Waals surface area contributed by atoms with E-state index in [0.717, 1.165) is 38.1 Å². The second-order valence-electron chi connectivity index (χ2n) is 6.24. The monoisotopic (exact) mass is 323 g/mol. The maximum atomic E-state index is 12.5. The lowest BCUT2D eigenvalue weighted by molar-refractivity contribution is 1.26. The summed E-state index contributed by atoms with van der Waals surface area (Å²) in [5.41, 5.74) is 2.12. The third-order valence-corrected chi connectivity index (χ3v) is 4.94. The van der Waals surface area contributed by atoms with Crippen LogP contribution >= 0.6 is 0 Å². The van der Waals surface area contributed by atoms with Gasteiger partial charge in [0.2, 0.25) is 0 Å². The molecule has 3 aromatic carbocycles. The summed E-state index contributed by atoms with van der Waals surface area (Å²) in [6, 6.07) is 15.4. The van der Waals surface area contributed by atoms with Crippen molar-refractivity contribution in [2.45, 2.75) is 0 Å². The topological polar surface area (TPSA) is 75.7 Å². The summed E-state index contributed by atoms with van der Waals surface area (Å²) in [6.07, 6.45) is 0. The van der Waals surface area contributed by atoms with Crippen molar-refractivity contribution in [3.63, 3.8) is 0 Å². The zero-order valence-corrected chi connectivity index (χ0v) is 12.8. The number of rotatable bonds is 0. The van der Waals surface area contributed by atoms with Crippen LogP contribution in [-0.4, -0.2) is 15.0 Å². The molecule has 6 aromatic rings. The Morgan fingerprint density at radius 2 is 1.12 bits per heavy atom. The number of hydrogen-bond donors (Lipinski definition) is 1. The second-order valence-corrected chi connectivity index (χ2v) is 6.24. The van der Waals surface area contributed by atoms with Crippen molar-refractivity contribution >= 4 is 54.4 Å². The second kappa shape index (κ2) is 4.08. The van der Waals surface area contributed by atoms with Gasteiger partial charge < -0.3 is 0 Å². The molecule has 3 aromatic heterocycles. The minimum atomic E-state index is -0.389. The van der Waals surface area contributed by atoms with Gasteiger partial charge in [-0.05, 0) is 12.1 Å². The van der Waals surface area contributed by atoms with Gasteiger partial charge in [-0.1, -0.05) is 36.4 Å². The number of H-pyrrole nitrogens is 1. The highest BCUT2D eigenvalue weighted by atomic mass is 16.2. The van der Waals surface area contributed by atoms with Crippen LogP contribution < -0.4 is 11.1 Å². The largest absolute Gasteiger partial charge is 0.288 e. The molecule has 0 aliphatic carbocycles. The number of aromatic nitrogens is 3. The quantitative estimate of drug-likeness (QED) is 0.466. The summed E-state index contributed by atoms with van der Waals surface area (Å²) >= 11 is 0. The van der Waals surface area contributed by atoms with Crippen LogP contribution in [0.15, 0.2) is 58.1 Å². The van der Waals surface area contributed by atoms with E-state index in [9.17, 15) is 9.59 Å². The first kappa shape index (κ1) is 12.8. The number of hydrogen-bond acceptors (Lipinski definition) is 4. The molecule has 116 valence electrons. The minimum absolute atomic E-state index is 0.363. The third kappa shape index (κ3) is 1.39. The normalized spacial score (nSPS) is 12.3. The molecule has 0 saturated carbocycles. The lowest BCUT2D eigenvalue weighted by atomic mass is 10.0. The van der Waals surface area contributed by atoms with E-state index < -0.39 is 0 Å². The molecule has 6 rings (SSSR count). The Bertz CT molecular complexity index is 1580. The summed E-state index contributed by atoms with van der Waals surface area (Å²) in [6.45, 7) is 0. The van der Waals surface area contributed by atoms with Crippen LogP contribution in [0.3, 0.4) is 0 Å². The zero-order chi connectivity index (χ0) is 16.7. The van der Waals surface area contributed by atoms with Crippen molar-refractivity contribution in [3.05, 3.63) is 69.2 Å². The van der Waals surface area contributed by atoms with E-state index in [4.69, 9.17) is 4.98 Å². The predicted molar refractivity (Wildman–Crippen MR) is 98.8 cm³/mol. The molecular weight excluding hydrogens is 314 g/mol. The molecule has 5 nitrogen and oxygen atoms in total. The molecule has 3 heterocycles. The summed E-state index contributed by atoms with van der Waals surface area (Å²) < 4.78 is 0. The van der Waals surface area contributed by atoms with Gasteiger partial charge >= 0.3 is 0 Å². The molecule has 1 N–H and O–H groups in total. The molecule has 0 aliphatic heterocycles. The number of nitrogens with zero attached hydrogens (tertiary/aromatic N) is 2. The fourth-order valence-corrected chi connectivity index (χ4v) is 3.95. The summed E-state index contributed by atoms with van der Waals surface area (Å²) in [4.78, 5) is 36.8. The highest BCUT2D eigenvalue weighted by Gasteiger charge is 2.23. The SMILES string of the molecule is O=c1[nH]c(=O)c2c1c1nc3ccccc3c1c1nc3ccccc3c12. The highest BCUT2D eigenvalue weighted by molar-refractivity contribution is 6.35. The van der Waals surface area contributed by atoms with Crippen molar-refractivity contribution in [3.8, 4) is 0 Å². The minimum Gasteiger partial charge on any atom is -0.288 e. The first-order valence-corrected chi connectivity index (χ1v) is 7.96. The maximum Gasteiger partial charge on any atom is 0.261 e. The third-order valence-electron chi connectivity index (χ3n) is 4.94. The molecule has 0 fully saturated rings. The Balaban J connectivity index is 2.15. The molecule has 0 amide bonds. The molecule has 0 bridgehead atoms. The fraction of sp³-hybridized carbons (Fsp3) is 0. The lowest BCUT2D eigenvalue weighted by Crippen LogP contribution is -2.05. The van der Waals surface area contributed by atoms with Crippen LogP contribution in [0, 0.1) is 0 Å². The Labute approximate surface area is 139 Å². The van der Waals surface area contributed by atoms with Crippen LogP contribution in [0.2, 0.25) is 0 Å². The predicted octanol–water partition coefficient (Wildman–Crippen LogP) is 3.17. The van der Waals surface area contributed by atoms with Crippen LogP contribution in [0.1, 0.15) is 0 Å². The van der Waals surface area contributed by atoms with Gasteiger partial charge in [-0.3, -0.25) is 14.6 Å². The van der Waals surface area contributed by atoms with Crippen molar-refractivity contribution < 1.29 is 0 Å². The first-order valence-electron chi connectivity index (χ1n) is 7.96. The van der Waals surface area contributed by atoms with Gasteiger partial charge in [0.25, 0.3) is 11.1 Å². The van der Waals surface area contributed by atoms with Gasteiger partial charge in [-0.15, -0.1) is 0 Å². The molecule has 5 heteroatoms. The van der Waals surface area contributed by atoms with Gasteiger partial charge in [0, 0.05) is 21.5 Å². The summed E-state index contributed by atoms with van der Waals surface area (Å²) in [7, 11) is 0. The van der Waals surface area contributed by atoms with Crippen molar-refractivity contribution in [1.82, 2.24) is 15.0 Å². The number of fused-ring (bicyclic) bond motifs is 10. The number of para-hydroxylation sites is 2. The van der Waals surface area contributed by atoms with Crippen molar-refractivity contribution in [2.24, 2.45) is 0 Å². The van der Waals surface area contributed by atoms with Crippen LogP contribution in [0.4, 0.5) is 0 Å². The molecule has 0 saturated heterocycles. The average molecular weight is 323 g/mol. The number of aromatic amines is 1. The molecule has 0 unspecified atom stereocenters. The van der Waals surface area contributed by atoms with Crippen LogP contribution in [0.25, 0.3) is 54.4 Å². The van der Waals surface area contributed by atoms with Gasteiger partial charge in [-0.2, -0.15) is 0 Å². The summed E-state index contributed by atoms with van der Waals surface area (Å²) in [5.74, 6) is 0. The van der Waals surface area contributed by atoms with Crippen LogP contribution in [0.5, 0.6) is 0 Å². The van der Waals surface area contributed by atoms with E-state index in [2.05, 4.69) is 9.97 Å². The molecule has 25 heavy (non-hydrogen) atoms. The Morgan fingerprint density at radius 1 is 0.600 bits per heavy atom. The van der Waals surface area contributed by atoms with E-state index >= 15 is 0 Å². The standard InChI is InChI=1S/C20H9N3O2/c24-19-15-13-9-5-1-3-7-11(9)21-17(13)14-10-6-2-4-8-12(10)22-18(14)16(15)20(25)23-19/h1-8H,(H,23,24,25). The molecular formula is C20H9N3O2. The maximum absolute atomic E-state index is 12.5. The zero-order valence-electron chi connectivity index (χ0n) is 12.8. The summed E-state index contributed by atoms with van der Waals surface area (Å²) in [5, 5.41) is 4.15. The Hall–Kier alpha value is -3.60. The highest BCUT2D eigenvalue weighted by Crippen LogP contribution is 2.39. The number of nitrogens with one attached hydrogen (secondary N) is 1. The fourth-order valence-electron chi connectivity index (χ4n) is 3.95. The van der Waals surface area contributed by atoms with Crippen molar-refractivity contribution in [2.75, 3.05) is 0 Å². The number of benzene rings is 3. The first-order chi connectivity index (χ1) is 12.2. The van der Waals surface area contributed by atoms with Gasteiger partial charge in [0.1, 0.15) is 0 Å². The molecule has 0 aliphatic rings. The van der Waals surface area contributed by atoms with Gasteiger partial charge in [0.05, 0.1) is 32.8 Å². The Kier molecular flexibility index (Phi) is 2.08. The Morgan fingerprint density at radius 3 is 1.80 bits per heavy atom. The average Bonchev–Trinajstić information content (AvgIpc) is 3.26. The van der Waals surface area contributed by atoms with Gasteiger partial charge in [-0.25, -0.2) is 9.97 Å². The van der Waals surface area contributed by atoms with Crippen LogP contribution in [-0.2, 0) is 0 Å². The van der Waals surface area contributed by atoms with E-state index in [-0.39, 0.29) is 11.1 Å². The molecule has 0 radical (unpaired) electrons. The van der Waals surface area contributed by atoms with Gasteiger partial charge in [0.15, 0.2) is 0 Å². The molecule has 0 spiro atoms. The molecule has 0 atom stereocenters.